The zero-order valence-electron chi connectivity index (χ0n) is 16.1. The van der Waals surface area contributed by atoms with Crippen molar-refractivity contribution in [2.45, 2.75) is 13.0 Å². The lowest BCUT2D eigenvalue weighted by Crippen LogP contribution is -2.24. The molecule has 0 bridgehead atoms. The molecule has 2 rings (SSSR count). The van der Waals surface area contributed by atoms with Crippen LogP contribution in [0.4, 0.5) is 5.69 Å². The number of anilines is 1. The van der Waals surface area contributed by atoms with Gasteiger partial charge in [0.1, 0.15) is 11.5 Å². The van der Waals surface area contributed by atoms with Crippen LogP contribution in [0.3, 0.4) is 0 Å². The number of methoxy groups -OCH3 is 1. The number of ether oxygens (including phenoxy) is 3. The lowest BCUT2D eigenvalue weighted by Gasteiger charge is -2.24. The number of hydrogen-bond acceptors (Lipinski definition) is 5. The summed E-state index contributed by atoms with van der Waals surface area (Å²) in [5.74, 6) is 1.39. The van der Waals surface area contributed by atoms with Crippen LogP contribution in [0.15, 0.2) is 67.8 Å². The zero-order chi connectivity index (χ0) is 20.5. The molecule has 1 atom stereocenters. The van der Waals surface area contributed by atoms with Crippen LogP contribution in [0, 0.1) is 0 Å². The molecule has 2 aromatic carbocycles. The maximum absolute atomic E-state index is 11.5. The number of benzene rings is 2. The molecule has 0 radical (unpaired) electrons. The van der Waals surface area contributed by atoms with Crippen LogP contribution < -0.4 is 14.4 Å². The number of rotatable bonds is 10. The highest BCUT2D eigenvalue weighted by molar-refractivity contribution is 6.30. The van der Waals surface area contributed by atoms with Crippen molar-refractivity contribution in [3.8, 4) is 17.2 Å². The van der Waals surface area contributed by atoms with E-state index in [0.29, 0.717) is 35.4 Å². The maximum atomic E-state index is 11.5. The highest BCUT2D eigenvalue weighted by atomic mass is 35.5. The van der Waals surface area contributed by atoms with Crippen molar-refractivity contribution in [2.24, 2.45) is 0 Å². The van der Waals surface area contributed by atoms with Gasteiger partial charge in [0.2, 0.25) is 0 Å². The third-order valence-corrected chi connectivity index (χ3v) is 4.09. The minimum absolute atomic E-state index is 0.435. The van der Waals surface area contributed by atoms with Gasteiger partial charge < -0.3 is 19.1 Å². The topological polar surface area (TPSA) is 48.0 Å². The number of carbonyl (C=O) groups is 1. The van der Waals surface area contributed by atoms with E-state index in [9.17, 15) is 4.79 Å². The lowest BCUT2D eigenvalue weighted by molar-refractivity contribution is -0.147. The Morgan fingerprint density at radius 3 is 2.29 bits per heavy atom. The molecule has 2 aromatic rings. The molecule has 0 N–H and O–H groups in total. The largest absolute Gasteiger partial charge is 0.479 e. The van der Waals surface area contributed by atoms with Gasteiger partial charge >= 0.3 is 5.97 Å². The van der Waals surface area contributed by atoms with Crippen LogP contribution in [-0.4, -0.2) is 32.3 Å². The van der Waals surface area contributed by atoms with Gasteiger partial charge in [-0.15, -0.1) is 13.2 Å². The predicted molar refractivity (Wildman–Crippen MR) is 113 cm³/mol. The van der Waals surface area contributed by atoms with Gasteiger partial charge in [0, 0.05) is 18.1 Å². The smallest absolute Gasteiger partial charge is 0.346 e. The number of nitrogens with zero attached hydrogens (tertiary/aromatic N) is 1. The maximum Gasteiger partial charge on any atom is 0.346 e. The Kier molecular flexibility index (Phi) is 7.96. The fraction of sp³-hybridized carbons (Fsp3) is 0.227. The predicted octanol–water partition coefficient (Wildman–Crippen LogP) is 5.25. The Labute approximate surface area is 170 Å². The molecule has 0 spiro atoms. The van der Waals surface area contributed by atoms with E-state index in [1.54, 1.807) is 37.3 Å². The molecule has 0 saturated heterocycles. The van der Waals surface area contributed by atoms with Gasteiger partial charge in [-0.3, -0.25) is 0 Å². The summed E-state index contributed by atoms with van der Waals surface area (Å²) in [4.78, 5) is 13.5. The molecule has 0 aliphatic heterocycles. The minimum Gasteiger partial charge on any atom is -0.479 e. The van der Waals surface area contributed by atoms with Gasteiger partial charge in [-0.25, -0.2) is 4.79 Å². The molecule has 5 nitrogen and oxygen atoms in total. The molecule has 28 heavy (non-hydrogen) atoms. The van der Waals surface area contributed by atoms with Gasteiger partial charge in [0.25, 0.3) is 0 Å². The Morgan fingerprint density at radius 1 is 1.11 bits per heavy atom. The molecule has 0 heterocycles. The Hall–Kier alpha value is -2.92. The van der Waals surface area contributed by atoms with Crippen molar-refractivity contribution in [3.63, 3.8) is 0 Å². The first kappa shape index (κ1) is 21.4. The minimum atomic E-state index is -0.689. The molecule has 0 amide bonds. The molecule has 1 unspecified atom stereocenters. The second-order valence-corrected chi connectivity index (χ2v) is 6.39. The van der Waals surface area contributed by atoms with Gasteiger partial charge in [-0.05, 0) is 49.4 Å². The van der Waals surface area contributed by atoms with Gasteiger partial charge in [-0.2, -0.15) is 0 Å². The second kappa shape index (κ2) is 10.4. The highest BCUT2D eigenvalue weighted by Crippen LogP contribution is 2.35. The normalized spacial score (nSPS) is 11.2. The number of esters is 1. The Bertz CT molecular complexity index is 810. The third-order valence-electron chi connectivity index (χ3n) is 3.86. The van der Waals surface area contributed by atoms with Crippen molar-refractivity contribution in [1.82, 2.24) is 0 Å². The van der Waals surface area contributed by atoms with E-state index in [4.69, 9.17) is 21.1 Å². The molecule has 6 heteroatoms. The number of hydrogen-bond donors (Lipinski definition) is 0. The summed E-state index contributed by atoms with van der Waals surface area (Å²) in [5, 5.41) is 0.612. The second-order valence-electron chi connectivity index (χ2n) is 5.95. The highest BCUT2D eigenvalue weighted by Gasteiger charge is 2.15. The zero-order valence-corrected chi connectivity index (χ0v) is 16.8. The van der Waals surface area contributed by atoms with E-state index < -0.39 is 12.1 Å². The van der Waals surface area contributed by atoms with E-state index in [-0.39, 0.29) is 0 Å². The van der Waals surface area contributed by atoms with E-state index in [2.05, 4.69) is 22.8 Å². The summed E-state index contributed by atoms with van der Waals surface area (Å²) < 4.78 is 16.2. The van der Waals surface area contributed by atoms with Crippen LogP contribution in [0.2, 0.25) is 5.02 Å². The SMILES string of the molecule is C=CCN(CC=C)c1cc(Cl)ccc1Oc1ccc(OC(C)C(=O)OC)cc1. The van der Waals surface area contributed by atoms with Gasteiger partial charge in [0.05, 0.1) is 12.8 Å². The average molecular weight is 402 g/mol. The van der Waals surface area contributed by atoms with Crippen molar-refractivity contribution < 1.29 is 19.0 Å². The first-order chi connectivity index (χ1) is 13.5. The van der Waals surface area contributed by atoms with E-state index in [1.807, 2.05) is 24.3 Å². The lowest BCUT2D eigenvalue weighted by atomic mass is 10.2. The summed E-state index contributed by atoms with van der Waals surface area (Å²) in [6.07, 6.45) is 2.93. The van der Waals surface area contributed by atoms with Crippen LogP contribution in [-0.2, 0) is 9.53 Å². The molecule has 0 aromatic heterocycles. The summed E-state index contributed by atoms with van der Waals surface area (Å²) in [6, 6.07) is 12.4. The fourth-order valence-corrected chi connectivity index (χ4v) is 2.70. The summed E-state index contributed by atoms with van der Waals surface area (Å²) in [5.41, 5.74) is 0.840. The standard InChI is InChI=1S/C22H24ClNO4/c1-5-13-24(14-6-2)20-15-17(23)7-12-21(20)28-19-10-8-18(9-11-19)27-16(3)22(25)26-4/h5-12,15-16H,1-2,13-14H2,3-4H3. The molecule has 0 fully saturated rings. The van der Waals surface area contributed by atoms with Gasteiger partial charge in [-0.1, -0.05) is 23.8 Å². The monoisotopic (exact) mass is 401 g/mol. The molecule has 0 aliphatic rings. The number of carbonyl (C=O) groups excluding carboxylic acids is 1. The Morgan fingerprint density at radius 2 is 1.71 bits per heavy atom. The molecule has 0 saturated carbocycles. The van der Waals surface area contributed by atoms with Crippen molar-refractivity contribution in [2.75, 3.05) is 25.1 Å². The molecule has 148 valence electrons. The summed E-state index contributed by atoms with van der Waals surface area (Å²) >= 11 is 6.18. The van der Waals surface area contributed by atoms with Crippen molar-refractivity contribution >= 4 is 23.3 Å². The summed E-state index contributed by atoms with van der Waals surface area (Å²) in [7, 11) is 1.32. The third kappa shape index (κ3) is 5.79. The number of halogens is 1. The van der Waals surface area contributed by atoms with Gasteiger partial charge in [0.15, 0.2) is 11.9 Å². The quantitative estimate of drug-likeness (QED) is 0.402. The molecule has 0 aliphatic carbocycles. The van der Waals surface area contributed by atoms with Crippen LogP contribution in [0.25, 0.3) is 0 Å². The first-order valence-corrected chi connectivity index (χ1v) is 9.15. The Balaban J connectivity index is 2.20. The van der Waals surface area contributed by atoms with Crippen LogP contribution in [0.5, 0.6) is 17.2 Å². The fourth-order valence-electron chi connectivity index (χ4n) is 2.54. The first-order valence-electron chi connectivity index (χ1n) is 8.77. The molecular formula is C22H24ClNO4. The van der Waals surface area contributed by atoms with E-state index >= 15 is 0 Å². The average Bonchev–Trinajstić information content (AvgIpc) is 2.70. The van der Waals surface area contributed by atoms with E-state index in [0.717, 1.165) is 5.69 Å². The van der Waals surface area contributed by atoms with Crippen LogP contribution in [0.1, 0.15) is 6.92 Å². The van der Waals surface area contributed by atoms with Crippen molar-refractivity contribution in [3.05, 3.63) is 72.8 Å². The van der Waals surface area contributed by atoms with Crippen LogP contribution >= 0.6 is 11.6 Å². The summed E-state index contributed by atoms with van der Waals surface area (Å²) in [6.45, 7) is 10.5. The van der Waals surface area contributed by atoms with E-state index in [1.165, 1.54) is 7.11 Å². The molecular weight excluding hydrogens is 378 g/mol. The van der Waals surface area contributed by atoms with Crippen molar-refractivity contribution in [1.29, 1.82) is 0 Å².